The third-order valence-corrected chi connectivity index (χ3v) is 6.00. The Bertz CT molecular complexity index is 871. The molecule has 0 bridgehead atoms. The van der Waals surface area contributed by atoms with E-state index in [9.17, 15) is 10.1 Å². The predicted molar refractivity (Wildman–Crippen MR) is 113 cm³/mol. The molecule has 1 fully saturated rings. The van der Waals surface area contributed by atoms with Gasteiger partial charge in [-0.2, -0.15) is 10.4 Å². The van der Waals surface area contributed by atoms with E-state index in [-0.39, 0.29) is 18.6 Å². The molecule has 4 unspecified atom stereocenters. The number of hydrogen-bond acceptors (Lipinski definition) is 10. The maximum atomic E-state index is 12.6. The number of benzene rings is 1. The third-order valence-electron chi connectivity index (χ3n) is 5.24. The van der Waals surface area contributed by atoms with Gasteiger partial charge in [-0.1, -0.05) is 0 Å². The van der Waals surface area contributed by atoms with E-state index in [1.54, 1.807) is 34.3 Å². The van der Waals surface area contributed by atoms with Gasteiger partial charge >= 0.3 is 5.97 Å². The van der Waals surface area contributed by atoms with Crippen LogP contribution in [-0.2, 0) is 9.53 Å². The van der Waals surface area contributed by atoms with E-state index in [2.05, 4.69) is 11.4 Å². The van der Waals surface area contributed by atoms with Crippen LogP contribution in [0.1, 0.15) is 24.9 Å². The van der Waals surface area contributed by atoms with E-state index < -0.39 is 18.1 Å². The molecule has 2 heterocycles. The lowest BCUT2D eigenvalue weighted by atomic mass is 9.92. The second-order valence-corrected chi connectivity index (χ2v) is 7.55. The first-order valence-corrected chi connectivity index (χ1v) is 10.8. The summed E-state index contributed by atoms with van der Waals surface area (Å²) in [5.74, 6) is 0.661. The summed E-state index contributed by atoms with van der Waals surface area (Å²) >= 11 is 1.43. The molecule has 0 aromatic heterocycles. The Morgan fingerprint density at radius 1 is 1.30 bits per heavy atom. The average molecular weight is 435 g/mol. The minimum Gasteiger partial charge on any atom is -0.493 e. The van der Waals surface area contributed by atoms with Gasteiger partial charge < -0.3 is 18.9 Å². The first-order valence-electron chi connectivity index (χ1n) is 9.56. The summed E-state index contributed by atoms with van der Waals surface area (Å²) in [7, 11) is 4.66. The van der Waals surface area contributed by atoms with Crippen LogP contribution in [0.3, 0.4) is 0 Å². The Morgan fingerprint density at radius 2 is 2.03 bits per heavy atom. The van der Waals surface area contributed by atoms with Crippen molar-refractivity contribution >= 4 is 22.8 Å². The number of hydrazone groups is 1. The zero-order valence-electron chi connectivity index (χ0n) is 17.7. The van der Waals surface area contributed by atoms with Crippen molar-refractivity contribution in [1.82, 2.24) is 10.3 Å². The number of nitriles is 1. The van der Waals surface area contributed by atoms with Crippen LogP contribution in [0.4, 0.5) is 0 Å². The number of fused-ring (bicyclic) bond motifs is 1. The predicted octanol–water partition coefficient (Wildman–Crippen LogP) is 2.14. The molecule has 0 amide bonds. The highest BCUT2D eigenvalue weighted by Crippen LogP contribution is 2.47. The van der Waals surface area contributed by atoms with E-state index in [0.29, 0.717) is 28.7 Å². The summed E-state index contributed by atoms with van der Waals surface area (Å²) in [6.45, 7) is 2.05. The van der Waals surface area contributed by atoms with E-state index in [4.69, 9.17) is 24.0 Å². The Hall–Kier alpha value is -2.64. The highest BCUT2D eigenvalue weighted by molar-refractivity contribution is 8.13. The Balaban J connectivity index is 2.10. The van der Waals surface area contributed by atoms with Crippen LogP contribution in [-0.4, -0.2) is 62.4 Å². The van der Waals surface area contributed by atoms with Crippen LogP contribution >= 0.6 is 11.8 Å². The van der Waals surface area contributed by atoms with Crippen molar-refractivity contribution in [3.8, 4) is 23.3 Å². The minimum absolute atomic E-state index is 0.282. The van der Waals surface area contributed by atoms with E-state index >= 15 is 0 Å². The number of carbonyl (C=O) groups is 1. The van der Waals surface area contributed by atoms with Crippen LogP contribution in [0.15, 0.2) is 17.2 Å². The molecular formula is C20H26N4O5S. The van der Waals surface area contributed by atoms with Gasteiger partial charge in [-0.25, -0.2) is 0 Å². The van der Waals surface area contributed by atoms with Crippen molar-refractivity contribution < 1.29 is 23.7 Å². The van der Waals surface area contributed by atoms with Gasteiger partial charge in [0.1, 0.15) is 23.2 Å². The molecule has 30 heavy (non-hydrogen) atoms. The summed E-state index contributed by atoms with van der Waals surface area (Å²) in [6.07, 6.45) is 1.82. The van der Waals surface area contributed by atoms with Gasteiger partial charge in [0.05, 0.1) is 40.0 Å². The fraction of sp³-hybridized carbons (Fsp3) is 0.550. The maximum Gasteiger partial charge on any atom is 0.323 e. The van der Waals surface area contributed by atoms with Crippen LogP contribution in [0.2, 0.25) is 0 Å². The summed E-state index contributed by atoms with van der Waals surface area (Å²) in [5, 5.41) is 20.3. The van der Waals surface area contributed by atoms with Crippen LogP contribution in [0.25, 0.3) is 0 Å². The fourth-order valence-electron chi connectivity index (χ4n) is 3.92. The van der Waals surface area contributed by atoms with Gasteiger partial charge in [0.25, 0.3) is 0 Å². The van der Waals surface area contributed by atoms with Gasteiger partial charge in [-0.05, 0) is 31.7 Å². The van der Waals surface area contributed by atoms with Gasteiger partial charge in [0.2, 0.25) is 5.75 Å². The number of rotatable bonds is 6. The van der Waals surface area contributed by atoms with Crippen LogP contribution in [0, 0.1) is 17.2 Å². The molecule has 2 aliphatic rings. The maximum absolute atomic E-state index is 12.6. The quantitative estimate of drug-likeness (QED) is 0.674. The van der Waals surface area contributed by atoms with Crippen molar-refractivity contribution in [1.29, 1.82) is 5.26 Å². The molecule has 0 saturated carbocycles. The molecule has 10 heteroatoms. The summed E-state index contributed by atoms with van der Waals surface area (Å²) in [5.41, 5.74) is 0.791. The summed E-state index contributed by atoms with van der Waals surface area (Å²) in [6, 6.07) is 5.07. The first kappa shape index (κ1) is 22.1. The molecule has 0 radical (unpaired) electrons. The molecule has 0 aliphatic carbocycles. The largest absolute Gasteiger partial charge is 0.493 e. The lowest BCUT2D eigenvalue weighted by Crippen LogP contribution is -2.58. The number of ether oxygens (including phenoxy) is 4. The normalized spacial score (nSPS) is 25.1. The second-order valence-electron chi connectivity index (χ2n) is 6.72. The number of nitrogens with zero attached hydrogens (tertiary/aromatic N) is 3. The lowest BCUT2D eigenvalue weighted by molar-refractivity contribution is -0.148. The van der Waals surface area contributed by atoms with Crippen LogP contribution < -0.4 is 19.5 Å². The van der Waals surface area contributed by atoms with E-state index in [0.717, 1.165) is 5.56 Å². The molecule has 1 aromatic rings. The van der Waals surface area contributed by atoms with Crippen LogP contribution in [0.5, 0.6) is 17.2 Å². The smallest absolute Gasteiger partial charge is 0.323 e. The number of carbonyl (C=O) groups excluding carboxylic acids is 1. The lowest BCUT2D eigenvalue weighted by Gasteiger charge is -2.42. The average Bonchev–Trinajstić information content (AvgIpc) is 3.14. The second kappa shape index (κ2) is 9.45. The van der Waals surface area contributed by atoms with Gasteiger partial charge in [0.15, 0.2) is 11.5 Å². The monoisotopic (exact) mass is 434 g/mol. The van der Waals surface area contributed by atoms with E-state index in [1.807, 2.05) is 17.3 Å². The fourth-order valence-corrected chi connectivity index (χ4v) is 4.54. The SMILES string of the molecule is CCOC(=O)C1CC(c2ccc(OC)c(OC)c2OC)N2N=C(SC)C(C#N)C2N1. The van der Waals surface area contributed by atoms with Crippen molar-refractivity contribution in [2.24, 2.45) is 11.0 Å². The molecular weight excluding hydrogens is 408 g/mol. The standard InChI is InChI=1S/C20H26N4O5S/c1-6-29-20(25)13-9-14(24-18(22-13)12(10-21)19(23-24)30-5)11-7-8-15(26-2)17(28-4)16(11)27-3/h7-8,12-14,18,22H,6,9H2,1-5H3. The molecule has 9 nitrogen and oxygen atoms in total. The number of hydrogen-bond donors (Lipinski definition) is 1. The molecule has 3 rings (SSSR count). The Morgan fingerprint density at radius 3 is 2.60 bits per heavy atom. The van der Waals surface area contributed by atoms with Crippen molar-refractivity contribution in [3.05, 3.63) is 17.7 Å². The number of thioether (sulfide) groups is 1. The number of nitrogens with one attached hydrogen (secondary N) is 1. The molecule has 4 atom stereocenters. The summed E-state index contributed by atoms with van der Waals surface area (Å²) in [4.78, 5) is 12.6. The zero-order chi connectivity index (χ0) is 21.8. The molecule has 1 aromatic carbocycles. The van der Waals surface area contributed by atoms with Crippen molar-refractivity contribution in [2.75, 3.05) is 34.2 Å². The van der Waals surface area contributed by atoms with Crippen molar-refractivity contribution in [2.45, 2.75) is 31.6 Å². The number of esters is 1. The van der Waals surface area contributed by atoms with Crippen molar-refractivity contribution in [3.63, 3.8) is 0 Å². The summed E-state index contributed by atoms with van der Waals surface area (Å²) < 4.78 is 21.8. The number of methoxy groups -OCH3 is 3. The molecule has 0 spiro atoms. The Labute approximate surface area is 180 Å². The molecule has 162 valence electrons. The van der Waals surface area contributed by atoms with Gasteiger partial charge in [-0.3, -0.25) is 15.1 Å². The van der Waals surface area contributed by atoms with Gasteiger partial charge in [-0.15, -0.1) is 11.8 Å². The minimum atomic E-state index is -0.582. The highest BCUT2D eigenvalue weighted by Gasteiger charge is 2.48. The first-order chi connectivity index (χ1) is 14.5. The highest BCUT2D eigenvalue weighted by atomic mass is 32.2. The topological polar surface area (TPSA) is 105 Å². The molecule has 2 aliphatic heterocycles. The Kier molecular flexibility index (Phi) is 6.95. The van der Waals surface area contributed by atoms with E-state index in [1.165, 1.54) is 11.8 Å². The molecule has 1 saturated heterocycles. The zero-order valence-corrected chi connectivity index (χ0v) is 18.5. The molecule has 1 N–H and O–H groups in total. The third kappa shape index (κ3) is 3.75. The van der Waals surface area contributed by atoms with Gasteiger partial charge in [0, 0.05) is 5.56 Å².